The van der Waals surface area contributed by atoms with E-state index in [1.54, 1.807) is 19.1 Å². The molecule has 1 aromatic rings. The Bertz CT molecular complexity index is 596. The quantitative estimate of drug-likeness (QED) is 0.371. The zero-order valence-electron chi connectivity index (χ0n) is 12.8. The molecular formula is C14H18ClN3O4S. The van der Waals surface area contributed by atoms with Gasteiger partial charge in [-0.15, -0.1) is 0 Å². The second-order valence-electron chi connectivity index (χ2n) is 4.17. The molecule has 0 aliphatic carbocycles. The molecule has 0 spiro atoms. The molecule has 23 heavy (non-hydrogen) atoms. The van der Waals surface area contributed by atoms with Crippen molar-refractivity contribution in [3.8, 4) is 11.5 Å². The first kappa shape index (κ1) is 19.0. The van der Waals surface area contributed by atoms with Crippen molar-refractivity contribution in [2.45, 2.75) is 13.8 Å². The van der Waals surface area contributed by atoms with Gasteiger partial charge < -0.3 is 19.9 Å². The number of carboxylic acids is 1. The van der Waals surface area contributed by atoms with Gasteiger partial charge in [-0.3, -0.25) is 5.43 Å². The summed E-state index contributed by atoms with van der Waals surface area (Å²) in [5.41, 5.74) is 3.30. The van der Waals surface area contributed by atoms with Gasteiger partial charge in [0.05, 0.1) is 17.8 Å². The van der Waals surface area contributed by atoms with Crippen LogP contribution in [0.1, 0.15) is 19.4 Å². The third-order valence-electron chi connectivity index (χ3n) is 2.39. The zero-order valence-corrected chi connectivity index (χ0v) is 14.3. The minimum absolute atomic E-state index is 0.184. The number of halogens is 1. The van der Waals surface area contributed by atoms with Gasteiger partial charge in [-0.05, 0) is 43.8 Å². The normalized spacial score (nSPS) is 10.4. The molecule has 0 saturated heterocycles. The summed E-state index contributed by atoms with van der Waals surface area (Å²) < 4.78 is 10.6. The minimum atomic E-state index is -1.10. The Kier molecular flexibility index (Phi) is 8.14. The first-order valence-corrected chi connectivity index (χ1v) is 7.64. The average Bonchev–Trinajstić information content (AvgIpc) is 2.46. The molecule has 0 atom stereocenters. The molecule has 1 rings (SSSR count). The molecule has 0 aliphatic rings. The lowest BCUT2D eigenvalue weighted by Gasteiger charge is -2.13. The van der Waals surface area contributed by atoms with Crippen molar-refractivity contribution in [3.63, 3.8) is 0 Å². The van der Waals surface area contributed by atoms with E-state index in [-0.39, 0.29) is 10.8 Å². The van der Waals surface area contributed by atoms with Crippen LogP contribution in [0.15, 0.2) is 17.2 Å². The first-order valence-electron chi connectivity index (χ1n) is 6.85. The van der Waals surface area contributed by atoms with E-state index in [0.29, 0.717) is 29.6 Å². The molecular weight excluding hydrogens is 342 g/mol. The third-order valence-corrected chi connectivity index (χ3v) is 2.91. The van der Waals surface area contributed by atoms with Crippen molar-refractivity contribution in [1.29, 1.82) is 0 Å². The van der Waals surface area contributed by atoms with Crippen LogP contribution in [0.4, 0.5) is 0 Å². The van der Waals surface area contributed by atoms with Crippen LogP contribution in [-0.4, -0.2) is 42.2 Å². The molecule has 0 heterocycles. The summed E-state index contributed by atoms with van der Waals surface area (Å²) in [6, 6.07) is 3.23. The highest BCUT2D eigenvalue weighted by Gasteiger charge is 2.13. The number of hydrogen-bond acceptors (Lipinski definition) is 5. The predicted molar refractivity (Wildman–Crippen MR) is 92.8 cm³/mol. The highest BCUT2D eigenvalue weighted by Crippen LogP contribution is 2.36. The van der Waals surface area contributed by atoms with Gasteiger partial charge in [-0.25, -0.2) is 4.79 Å². The maximum Gasteiger partial charge on any atom is 0.341 e. The summed E-state index contributed by atoms with van der Waals surface area (Å²) >= 11 is 11.1. The lowest BCUT2D eigenvalue weighted by Crippen LogP contribution is -2.31. The van der Waals surface area contributed by atoms with Crippen LogP contribution in [0.3, 0.4) is 0 Å². The number of aliphatic carboxylic acids is 1. The Morgan fingerprint density at radius 3 is 2.78 bits per heavy atom. The fourth-order valence-corrected chi connectivity index (χ4v) is 2.04. The van der Waals surface area contributed by atoms with Crippen LogP contribution in [-0.2, 0) is 4.79 Å². The van der Waals surface area contributed by atoms with E-state index in [1.165, 1.54) is 6.21 Å². The fourth-order valence-electron chi connectivity index (χ4n) is 1.56. The van der Waals surface area contributed by atoms with Crippen molar-refractivity contribution >= 4 is 41.1 Å². The van der Waals surface area contributed by atoms with Crippen LogP contribution >= 0.6 is 23.8 Å². The van der Waals surface area contributed by atoms with Crippen LogP contribution < -0.4 is 20.2 Å². The van der Waals surface area contributed by atoms with Crippen LogP contribution in [0.2, 0.25) is 5.02 Å². The second-order valence-corrected chi connectivity index (χ2v) is 4.99. The van der Waals surface area contributed by atoms with E-state index in [4.69, 9.17) is 38.4 Å². The second kappa shape index (κ2) is 9.86. The topological polar surface area (TPSA) is 92.2 Å². The lowest BCUT2D eigenvalue weighted by molar-refractivity contribution is -0.139. The van der Waals surface area contributed by atoms with E-state index in [0.717, 1.165) is 0 Å². The maximum absolute atomic E-state index is 10.6. The molecule has 7 nitrogen and oxygen atoms in total. The molecule has 0 amide bonds. The number of carbonyl (C=O) groups is 1. The molecule has 1 aromatic carbocycles. The van der Waals surface area contributed by atoms with E-state index < -0.39 is 12.6 Å². The van der Waals surface area contributed by atoms with Gasteiger partial charge in [0.2, 0.25) is 0 Å². The lowest BCUT2D eigenvalue weighted by atomic mass is 10.2. The van der Waals surface area contributed by atoms with Gasteiger partial charge in [-0.1, -0.05) is 11.6 Å². The summed E-state index contributed by atoms with van der Waals surface area (Å²) in [4.78, 5) is 10.6. The molecule has 0 aliphatic heterocycles. The number of thiocarbonyl (C=S) groups is 1. The molecule has 9 heteroatoms. The monoisotopic (exact) mass is 359 g/mol. The minimum Gasteiger partial charge on any atom is -0.490 e. The molecule has 0 radical (unpaired) electrons. The van der Waals surface area contributed by atoms with Crippen molar-refractivity contribution < 1.29 is 19.4 Å². The summed E-state index contributed by atoms with van der Waals surface area (Å²) in [6.45, 7) is 4.28. The van der Waals surface area contributed by atoms with Gasteiger partial charge >= 0.3 is 5.97 Å². The van der Waals surface area contributed by atoms with Crippen molar-refractivity contribution in [2.24, 2.45) is 5.10 Å². The Morgan fingerprint density at radius 1 is 1.43 bits per heavy atom. The van der Waals surface area contributed by atoms with Crippen molar-refractivity contribution in [3.05, 3.63) is 22.7 Å². The van der Waals surface area contributed by atoms with Gasteiger partial charge in [0.1, 0.15) is 0 Å². The Hall–Kier alpha value is -2.06. The van der Waals surface area contributed by atoms with Crippen LogP contribution in [0.25, 0.3) is 0 Å². The Morgan fingerprint density at radius 2 is 2.17 bits per heavy atom. The van der Waals surface area contributed by atoms with E-state index in [1.807, 2.05) is 6.92 Å². The van der Waals surface area contributed by atoms with Gasteiger partial charge in [0.15, 0.2) is 23.2 Å². The standard InChI is InChI=1S/C14H18ClN3O4S/c1-3-16-14(23)18-17-7-9-5-10(15)13(22-8-12(19)20)11(6-9)21-4-2/h5-7H,3-4,8H2,1-2H3,(H,19,20)(H2,16,18,23). The van der Waals surface area contributed by atoms with Crippen LogP contribution in [0.5, 0.6) is 11.5 Å². The number of ether oxygens (including phenoxy) is 2. The molecule has 0 fully saturated rings. The Balaban J connectivity index is 2.91. The van der Waals surface area contributed by atoms with E-state index >= 15 is 0 Å². The zero-order chi connectivity index (χ0) is 17.2. The molecule has 0 saturated carbocycles. The number of hydrogen-bond donors (Lipinski definition) is 3. The van der Waals surface area contributed by atoms with E-state index in [2.05, 4.69) is 15.8 Å². The molecule has 0 unspecified atom stereocenters. The molecule has 0 bridgehead atoms. The third kappa shape index (κ3) is 6.70. The molecule has 0 aromatic heterocycles. The molecule has 126 valence electrons. The number of nitrogens with zero attached hydrogens (tertiary/aromatic N) is 1. The predicted octanol–water partition coefficient (Wildman–Crippen LogP) is 2.02. The average molecular weight is 360 g/mol. The van der Waals surface area contributed by atoms with Crippen molar-refractivity contribution in [1.82, 2.24) is 10.7 Å². The smallest absolute Gasteiger partial charge is 0.341 e. The highest BCUT2D eigenvalue weighted by molar-refractivity contribution is 7.80. The van der Waals surface area contributed by atoms with Crippen LogP contribution in [0, 0.1) is 0 Å². The maximum atomic E-state index is 10.6. The largest absolute Gasteiger partial charge is 0.490 e. The van der Waals surface area contributed by atoms with E-state index in [9.17, 15) is 4.79 Å². The summed E-state index contributed by atoms with van der Waals surface area (Å²) in [6.07, 6.45) is 1.51. The summed E-state index contributed by atoms with van der Waals surface area (Å²) in [7, 11) is 0. The number of carboxylic acid groups (broad SMARTS) is 1. The number of benzene rings is 1. The SMILES string of the molecule is CCNC(=S)NN=Cc1cc(Cl)c(OCC(=O)O)c(OCC)c1. The van der Waals surface area contributed by atoms with Gasteiger partial charge in [0.25, 0.3) is 0 Å². The number of rotatable bonds is 8. The first-order chi connectivity index (χ1) is 11.0. The highest BCUT2D eigenvalue weighted by atomic mass is 35.5. The number of hydrazone groups is 1. The Labute approximate surface area is 144 Å². The summed E-state index contributed by atoms with van der Waals surface area (Å²) in [5.74, 6) is -0.573. The molecule has 3 N–H and O–H groups in total. The van der Waals surface area contributed by atoms with Crippen molar-refractivity contribution in [2.75, 3.05) is 19.8 Å². The van der Waals surface area contributed by atoms with Gasteiger partial charge in [-0.2, -0.15) is 5.10 Å². The number of nitrogens with one attached hydrogen (secondary N) is 2. The fraction of sp³-hybridized carbons (Fsp3) is 0.357. The van der Waals surface area contributed by atoms with Gasteiger partial charge in [0, 0.05) is 6.54 Å². The summed E-state index contributed by atoms with van der Waals surface area (Å²) in [5, 5.41) is 16.2.